The summed E-state index contributed by atoms with van der Waals surface area (Å²) in [5.74, 6) is 0.656. The van der Waals surface area contributed by atoms with E-state index in [-0.39, 0.29) is 11.8 Å². The summed E-state index contributed by atoms with van der Waals surface area (Å²) in [5, 5.41) is 0. The standard InChI is InChI=1S/C11H18ClNO2S2/c1-9-5-6-11(16-9)10(2)13-17(14,15)8-4-3-7-12/h5-6,10,13H,3-4,7-8H2,1-2H3. The molecule has 1 unspecified atom stereocenters. The number of hydrogen-bond acceptors (Lipinski definition) is 3. The molecule has 0 amide bonds. The zero-order chi connectivity index (χ0) is 12.9. The molecule has 3 nitrogen and oxygen atoms in total. The summed E-state index contributed by atoms with van der Waals surface area (Å²) in [7, 11) is -3.19. The van der Waals surface area contributed by atoms with Gasteiger partial charge >= 0.3 is 0 Å². The largest absolute Gasteiger partial charge is 0.212 e. The van der Waals surface area contributed by atoms with Crippen molar-refractivity contribution < 1.29 is 8.42 Å². The SMILES string of the molecule is Cc1ccc(C(C)NS(=O)(=O)CCCCCl)s1. The summed E-state index contributed by atoms with van der Waals surface area (Å²) in [6, 6.07) is 3.80. The van der Waals surface area contributed by atoms with E-state index < -0.39 is 10.0 Å². The normalized spacial score (nSPS) is 13.8. The van der Waals surface area contributed by atoms with Crippen molar-refractivity contribution in [2.45, 2.75) is 32.7 Å². The van der Waals surface area contributed by atoms with Gasteiger partial charge in [-0.2, -0.15) is 0 Å². The Morgan fingerprint density at radius 1 is 1.41 bits per heavy atom. The predicted molar refractivity (Wildman–Crippen MR) is 74.3 cm³/mol. The van der Waals surface area contributed by atoms with Gasteiger partial charge in [0.25, 0.3) is 0 Å². The van der Waals surface area contributed by atoms with Crippen molar-refractivity contribution in [3.63, 3.8) is 0 Å². The quantitative estimate of drug-likeness (QED) is 0.621. The fourth-order valence-corrected chi connectivity index (χ4v) is 3.97. The Labute approximate surface area is 112 Å². The monoisotopic (exact) mass is 295 g/mol. The summed E-state index contributed by atoms with van der Waals surface area (Å²) in [5.41, 5.74) is 0. The van der Waals surface area contributed by atoms with Crippen molar-refractivity contribution in [2.24, 2.45) is 0 Å². The average molecular weight is 296 g/mol. The lowest BCUT2D eigenvalue weighted by atomic mass is 10.3. The molecular weight excluding hydrogens is 278 g/mol. The molecule has 1 aromatic heterocycles. The van der Waals surface area contributed by atoms with E-state index in [0.717, 1.165) is 11.3 Å². The second-order valence-electron chi connectivity index (χ2n) is 4.00. The highest BCUT2D eigenvalue weighted by molar-refractivity contribution is 7.89. The van der Waals surface area contributed by atoms with Crippen LogP contribution >= 0.6 is 22.9 Å². The van der Waals surface area contributed by atoms with Crippen LogP contribution in [-0.2, 0) is 10.0 Å². The Balaban J connectivity index is 2.52. The van der Waals surface area contributed by atoms with E-state index in [0.29, 0.717) is 12.3 Å². The molecule has 0 bridgehead atoms. The number of hydrogen-bond donors (Lipinski definition) is 1. The molecule has 0 saturated heterocycles. The van der Waals surface area contributed by atoms with E-state index in [4.69, 9.17) is 11.6 Å². The van der Waals surface area contributed by atoms with Gasteiger partial charge in [-0.25, -0.2) is 13.1 Å². The Morgan fingerprint density at radius 2 is 2.12 bits per heavy atom. The van der Waals surface area contributed by atoms with E-state index in [1.807, 2.05) is 26.0 Å². The topological polar surface area (TPSA) is 46.2 Å². The number of nitrogens with one attached hydrogen (secondary N) is 1. The number of alkyl halides is 1. The first-order valence-electron chi connectivity index (χ1n) is 5.57. The summed E-state index contributed by atoms with van der Waals surface area (Å²) >= 11 is 7.14. The Bertz CT molecular complexity index is 442. The summed E-state index contributed by atoms with van der Waals surface area (Å²) in [6.07, 6.45) is 1.34. The molecule has 1 heterocycles. The van der Waals surface area contributed by atoms with Gasteiger partial charge in [0, 0.05) is 15.6 Å². The van der Waals surface area contributed by atoms with Crippen LogP contribution in [0.5, 0.6) is 0 Å². The molecule has 17 heavy (non-hydrogen) atoms. The van der Waals surface area contributed by atoms with Gasteiger partial charge in [-0.15, -0.1) is 22.9 Å². The number of thiophene rings is 1. The molecule has 0 saturated carbocycles. The molecule has 0 aliphatic carbocycles. The highest BCUT2D eigenvalue weighted by Crippen LogP contribution is 2.22. The third-order valence-electron chi connectivity index (χ3n) is 2.34. The number of halogens is 1. The van der Waals surface area contributed by atoms with Crippen LogP contribution in [0.2, 0.25) is 0 Å². The smallest absolute Gasteiger partial charge is 0.212 e. The third-order valence-corrected chi connectivity index (χ3v) is 5.33. The summed E-state index contributed by atoms with van der Waals surface area (Å²) in [6.45, 7) is 3.88. The van der Waals surface area contributed by atoms with E-state index in [1.165, 1.54) is 4.88 Å². The first-order chi connectivity index (χ1) is 7.94. The second kappa shape index (κ2) is 6.73. The van der Waals surface area contributed by atoms with Crippen LogP contribution in [0.1, 0.15) is 35.6 Å². The number of unbranched alkanes of at least 4 members (excludes halogenated alkanes) is 1. The zero-order valence-electron chi connectivity index (χ0n) is 10.1. The molecule has 1 aromatic rings. The minimum atomic E-state index is -3.19. The molecule has 1 N–H and O–H groups in total. The first kappa shape index (κ1) is 15.0. The van der Waals surface area contributed by atoms with Gasteiger partial charge in [0.05, 0.1) is 11.8 Å². The van der Waals surface area contributed by atoms with Crippen LogP contribution in [0, 0.1) is 6.92 Å². The van der Waals surface area contributed by atoms with Crippen LogP contribution in [0.3, 0.4) is 0 Å². The summed E-state index contributed by atoms with van der Waals surface area (Å²) < 4.78 is 26.2. The minimum absolute atomic E-state index is 0.147. The molecule has 0 spiro atoms. The lowest BCUT2D eigenvalue weighted by Gasteiger charge is -2.12. The number of aryl methyl sites for hydroxylation is 1. The van der Waals surface area contributed by atoms with E-state index in [2.05, 4.69) is 4.72 Å². The van der Waals surface area contributed by atoms with Gasteiger partial charge in [-0.1, -0.05) is 0 Å². The third kappa shape index (κ3) is 5.38. The van der Waals surface area contributed by atoms with E-state index >= 15 is 0 Å². The van der Waals surface area contributed by atoms with Crippen LogP contribution < -0.4 is 4.72 Å². The number of rotatable bonds is 7. The van der Waals surface area contributed by atoms with Crippen molar-refractivity contribution >= 4 is 33.0 Å². The highest BCUT2D eigenvalue weighted by atomic mass is 35.5. The van der Waals surface area contributed by atoms with Gasteiger partial charge in [0.1, 0.15) is 0 Å². The number of sulfonamides is 1. The molecule has 0 aliphatic heterocycles. The van der Waals surface area contributed by atoms with Crippen molar-refractivity contribution in [1.82, 2.24) is 4.72 Å². The van der Waals surface area contributed by atoms with Crippen molar-refractivity contribution in [3.8, 4) is 0 Å². The molecular formula is C11H18ClNO2S2. The van der Waals surface area contributed by atoms with Crippen LogP contribution in [0.25, 0.3) is 0 Å². The molecule has 0 fully saturated rings. The van der Waals surface area contributed by atoms with Crippen molar-refractivity contribution in [1.29, 1.82) is 0 Å². The summed E-state index contributed by atoms with van der Waals surface area (Å²) in [4.78, 5) is 2.23. The maximum atomic E-state index is 11.7. The highest BCUT2D eigenvalue weighted by Gasteiger charge is 2.16. The molecule has 1 atom stereocenters. The average Bonchev–Trinajstić information content (AvgIpc) is 2.64. The van der Waals surface area contributed by atoms with E-state index in [1.54, 1.807) is 11.3 Å². The predicted octanol–water partition coefficient (Wildman–Crippen LogP) is 3.06. The lowest BCUT2D eigenvalue weighted by molar-refractivity contribution is 0.565. The molecule has 0 aliphatic rings. The maximum absolute atomic E-state index is 11.7. The maximum Gasteiger partial charge on any atom is 0.212 e. The Morgan fingerprint density at radius 3 is 2.65 bits per heavy atom. The molecule has 6 heteroatoms. The van der Waals surface area contributed by atoms with E-state index in [9.17, 15) is 8.42 Å². The van der Waals surface area contributed by atoms with Crippen LogP contribution in [0.15, 0.2) is 12.1 Å². The lowest BCUT2D eigenvalue weighted by Crippen LogP contribution is -2.28. The zero-order valence-corrected chi connectivity index (χ0v) is 12.5. The van der Waals surface area contributed by atoms with Crippen LogP contribution in [0.4, 0.5) is 0 Å². The Kier molecular flexibility index (Phi) is 5.92. The fraction of sp³-hybridized carbons (Fsp3) is 0.636. The minimum Gasteiger partial charge on any atom is -0.212 e. The van der Waals surface area contributed by atoms with Gasteiger partial charge in [0.15, 0.2) is 0 Å². The molecule has 98 valence electrons. The second-order valence-corrected chi connectivity index (χ2v) is 7.57. The van der Waals surface area contributed by atoms with Gasteiger partial charge in [-0.3, -0.25) is 0 Å². The van der Waals surface area contributed by atoms with Gasteiger partial charge in [0.2, 0.25) is 10.0 Å². The molecule has 1 rings (SSSR count). The Hall–Kier alpha value is -0.100. The molecule has 0 radical (unpaired) electrons. The first-order valence-corrected chi connectivity index (χ1v) is 8.57. The van der Waals surface area contributed by atoms with Crippen molar-refractivity contribution in [3.05, 3.63) is 21.9 Å². The van der Waals surface area contributed by atoms with Gasteiger partial charge in [-0.05, 0) is 38.8 Å². The van der Waals surface area contributed by atoms with Crippen molar-refractivity contribution in [2.75, 3.05) is 11.6 Å². The van der Waals surface area contributed by atoms with Crippen LogP contribution in [-0.4, -0.2) is 20.1 Å². The molecule has 0 aromatic carbocycles. The van der Waals surface area contributed by atoms with Gasteiger partial charge < -0.3 is 0 Å². The fourth-order valence-electron chi connectivity index (χ4n) is 1.46.